The minimum atomic E-state index is -1.21. The van der Waals surface area contributed by atoms with Gasteiger partial charge in [0.2, 0.25) is 0 Å². The lowest BCUT2D eigenvalue weighted by Crippen LogP contribution is -2.57. The smallest absolute Gasteiger partial charge is 0.410 e. The predicted octanol–water partition coefficient (Wildman–Crippen LogP) is 2.63. The van der Waals surface area contributed by atoms with Crippen LogP contribution >= 0.6 is 11.8 Å². The lowest BCUT2D eigenvalue weighted by Gasteiger charge is -2.42. The fourth-order valence-electron chi connectivity index (χ4n) is 3.92. The van der Waals surface area contributed by atoms with Crippen LogP contribution in [-0.4, -0.2) is 72.1 Å². The summed E-state index contributed by atoms with van der Waals surface area (Å²) in [7, 11) is 3.21. The van der Waals surface area contributed by atoms with Crippen molar-refractivity contribution in [2.75, 3.05) is 20.8 Å². The molecule has 2 aliphatic heterocycles. The van der Waals surface area contributed by atoms with Gasteiger partial charge in [0.05, 0.1) is 34.0 Å². The van der Waals surface area contributed by atoms with Crippen molar-refractivity contribution in [3.63, 3.8) is 0 Å². The Morgan fingerprint density at radius 2 is 1.51 bits per heavy atom. The van der Waals surface area contributed by atoms with Gasteiger partial charge < -0.3 is 33.9 Å². The summed E-state index contributed by atoms with van der Waals surface area (Å²) in [6.45, 7) is 0.229. The van der Waals surface area contributed by atoms with E-state index >= 15 is 0 Å². The highest BCUT2D eigenvalue weighted by molar-refractivity contribution is 8.14. The summed E-state index contributed by atoms with van der Waals surface area (Å²) in [6, 6.07) is 14.4. The van der Waals surface area contributed by atoms with Gasteiger partial charge in [-0.25, -0.2) is 4.79 Å². The summed E-state index contributed by atoms with van der Waals surface area (Å²) in [6.07, 6.45) is -3.12. The van der Waals surface area contributed by atoms with Crippen molar-refractivity contribution in [2.45, 2.75) is 43.0 Å². The molecule has 1 saturated heterocycles. The quantitative estimate of drug-likeness (QED) is 0.472. The minimum absolute atomic E-state index is 0.220. The zero-order chi connectivity index (χ0) is 24.8. The molecule has 0 unspecified atom stereocenters. The van der Waals surface area contributed by atoms with Crippen molar-refractivity contribution in [1.82, 2.24) is 5.32 Å². The van der Waals surface area contributed by atoms with E-state index in [4.69, 9.17) is 28.8 Å². The second-order valence-electron chi connectivity index (χ2n) is 7.95. The van der Waals surface area contributed by atoms with Gasteiger partial charge in [0.1, 0.15) is 41.3 Å². The van der Waals surface area contributed by atoms with E-state index in [0.717, 1.165) is 34.4 Å². The normalized spacial score (nSPS) is 25.5. The number of nitrogens with one attached hydrogen (secondary N) is 1. The molecule has 0 saturated carbocycles. The first-order chi connectivity index (χ1) is 17.0. The Labute approximate surface area is 207 Å². The van der Waals surface area contributed by atoms with Gasteiger partial charge in [-0.3, -0.25) is 10.3 Å². The fourth-order valence-corrected chi connectivity index (χ4v) is 5.03. The number of fused-ring (bicyclic) bond motifs is 1. The second-order valence-corrected chi connectivity index (χ2v) is 9.03. The molecule has 5 atom stereocenters. The second kappa shape index (κ2) is 11.7. The largest absolute Gasteiger partial charge is 0.497 e. The topological polar surface area (TPSA) is 128 Å². The molecule has 4 rings (SSSR count). The van der Waals surface area contributed by atoms with Gasteiger partial charge in [0, 0.05) is 0 Å². The van der Waals surface area contributed by atoms with Crippen molar-refractivity contribution < 1.29 is 38.7 Å². The van der Waals surface area contributed by atoms with E-state index in [1.807, 2.05) is 48.5 Å². The molecule has 1 fully saturated rings. The van der Waals surface area contributed by atoms with Crippen molar-refractivity contribution in [3.8, 4) is 11.5 Å². The maximum atomic E-state index is 11.1. The summed E-state index contributed by atoms with van der Waals surface area (Å²) in [5.74, 6) is 1.48. The van der Waals surface area contributed by atoms with Gasteiger partial charge in [-0.1, -0.05) is 36.0 Å². The third kappa shape index (κ3) is 6.24. The summed E-state index contributed by atoms with van der Waals surface area (Å²) >= 11 is 1.15. The highest BCUT2D eigenvalue weighted by Gasteiger charge is 2.50. The molecular formula is C24H28N2O8S. The molecule has 3 N–H and O–H groups in total. The highest BCUT2D eigenvalue weighted by atomic mass is 32.2. The summed E-state index contributed by atoms with van der Waals surface area (Å²) in [5, 5.41) is 21.7. The third-order valence-corrected chi connectivity index (χ3v) is 6.76. The number of ether oxygens (including phenoxy) is 5. The number of rotatable bonds is 9. The van der Waals surface area contributed by atoms with E-state index in [1.54, 1.807) is 14.2 Å². The number of benzene rings is 2. The van der Waals surface area contributed by atoms with Crippen LogP contribution in [-0.2, 0) is 27.4 Å². The molecule has 10 nitrogen and oxygen atoms in total. The number of aliphatic imine (C=N–C) groups is 1. The minimum Gasteiger partial charge on any atom is -0.497 e. The van der Waals surface area contributed by atoms with Crippen LogP contribution < -0.4 is 14.8 Å². The molecule has 0 bridgehead atoms. The number of aliphatic hydroxyl groups excluding tert-OH is 1. The maximum Gasteiger partial charge on any atom is 0.410 e. The van der Waals surface area contributed by atoms with Crippen LogP contribution in [0.1, 0.15) is 11.1 Å². The number of thioether (sulfide) groups is 1. The van der Waals surface area contributed by atoms with Crippen molar-refractivity contribution in [1.29, 1.82) is 0 Å². The van der Waals surface area contributed by atoms with Gasteiger partial charge in [-0.15, -0.1) is 0 Å². The van der Waals surface area contributed by atoms with Crippen molar-refractivity contribution in [2.24, 2.45) is 4.99 Å². The van der Waals surface area contributed by atoms with Gasteiger partial charge in [0.25, 0.3) is 0 Å². The van der Waals surface area contributed by atoms with Crippen LogP contribution in [0.5, 0.6) is 11.5 Å². The number of carbonyl (C=O) groups is 1. The highest BCUT2D eigenvalue weighted by Crippen LogP contribution is 2.38. The number of aliphatic hydroxyl groups is 1. The summed E-state index contributed by atoms with van der Waals surface area (Å²) in [5.41, 5.74) is 1.31. The van der Waals surface area contributed by atoms with E-state index in [0.29, 0.717) is 0 Å². The van der Waals surface area contributed by atoms with E-state index in [-0.39, 0.29) is 25.0 Å². The van der Waals surface area contributed by atoms with Crippen LogP contribution in [0.25, 0.3) is 0 Å². The number of hydrogen-bond acceptors (Lipinski definition) is 9. The Hall–Kier alpha value is -2.83. The molecule has 35 heavy (non-hydrogen) atoms. The Balaban J connectivity index is 1.54. The molecule has 2 aromatic carbocycles. The van der Waals surface area contributed by atoms with E-state index in [1.165, 1.54) is 0 Å². The molecule has 2 aromatic rings. The van der Waals surface area contributed by atoms with Crippen LogP contribution in [0, 0.1) is 0 Å². The predicted molar refractivity (Wildman–Crippen MR) is 129 cm³/mol. The fraction of sp³-hybridized carbons (Fsp3) is 0.417. The van der Waals surface area contributed by atoms with E-state index < -0.39 is 35.9 Å². The number of methoxy groups -OCH3 is 2. The molecule has 11 heteroatoms. The third-order valence-electron chi connectivity index (χ3n) is 5.71. The zero-order valence-corrected chi connectivity index (χ0v) is 20.1. The molecule has 2 heterocycles. The first-order valence-corrected chi connectivity index (χ1v) is 11.9. The maximum absolute atomic E-state index is 11.1. The van der Waals surface area contributed by atoms with Crippen LogP contribution in [0.2, 0.25) is 0 Å². The molecule has 188 valence electrons. The lowest BCUT2D eigenvalue weighted by molar-refractivity contribution is -0.205. The molecule has 1 amide bonds. The molecule has 0 aliphatic carbocycles. The van der Waals surface area contributed by atoms with Crippen molar-refractivity contribution in [3.05, 3.63) is 59.7 Å². The van der Waals surface area contributed by atoms with Crippen molar-refractivity contribution >= 4 is 23.0 Å². The molecule has 0 radical (unpaired) electrons. The van der Waals surface area contributed by atoms with Gasteiger partial charge in [-0.2, -0.15) is 0 Å². The molecular weight excluding hydrogens is 476 g/mol. The number of amides is 1. The van der Waals surface area contributed by atoms with Crippen LogP contribution in [0.15, 0.2) is 53.5 Å². The monoisotopic (exact) mass is 504 g/mol. The number of hydrogen-bond donors (Lipinski definition) is 3. The Morgan fingerprint density at radius 3 is 2.00 bits per heavy atom. The Kier molecular flexibility index (Phi) is 8.47. The average molecular weight is 505 g/mol. The Morgan fingerprint density at radius 1 is 0.971 bits per heavy atom. The Bertz CT molecular complexity index is 1020. The first kappa shape index (κ1) is 25.3. The van der Waals surface area contributed by atoms with Crippen LogP contribution in [0.4, 0.5) is 4.79 Å². The number of carboxylic acid groups (broad SMARTS) is 1. The van der Waals surface area contributed by atoms with Gasteiger partial charge >= 0.3 is 6.09 Å². The van der Waals surface area contributed by atoms with Crippen LogP contribution in [0.3, 0.4) is 0 Å². The first-order valence-electron chi connectivity index (χ1n) is 11.0. The standard InChI is InChI=1S/C24H28N2O8S/c1-30-16-7-3-14(4-8-16)12-32-20-18(11-27)34-22-19(25-23(35-22)26-24(28)29)21(20)33-13-15-5-9-17(31-2)10-6-15/h3-10,18-22,27H,11-13H2,1-2H3,(H,25,26)(H,28,29)/t18-,19-,20-,21-,22-/m1/s1. The summed E-state index contributed by atoms with van der Waals surface area (Å²) < 4.78 is 29.0. The average Bonchev–Trinajstić information content (AvgIpc) is 3.27. The SMILES string of the molecule is COc1ccc(CO[C@@H]2[C@H]3N=C(NC(=O)O)S[C@H]3O[C@H](CO)[C@H]2OCc2ccc(OC)cc2)cc1. The summed E-state index contributed by atoms with van der Waals surface area (Å²) in [4.78, 5) is 15.6. The molecule has 0 spiro atoms. The number of nitrogens with zero attached hydrogens (tertiary/aromatic N) is 1. The zero-order valence-electron chi connectivity index (χ0n) is 19.3. The van der Waals surface area contributed by atoms with Gasteiger partial charge in [-0.05, 0) is 35.4 Å². The lowest BCUT2D eigenvalue weighted by atomic mass is 9.97. The molecule has 0 aromatic heterocycles. The van der Waals surface area contributed by atoms with Gasteiger partial charge in [0.15, 0.2) is 5.17 Å². The number of amidine groups is 1. The molecule has 2 aliphatic rings. The van der Waals surface area contributed by atoms with E-state index in [2.05, 4.69) is 10.3 Å². The van der Waals surface area contributed by atoms with E-state index in [9.17, 15) is 9.90 Å².